The number of nitrogens with zero attached hydrogens (tertiary/aromatic N) is 4. The van der Waals surface area contributed by atoms with E-state index in [0.717, 1.165) is 25.9 Å². The molecule has 4 heterocycles. The highest BCUT2D eigenvalue weighted by Crippen LogP contribution is 2.22. The van der Waals surface area contributed by atoms with E-state index in [2.05, 4.69) is 0 Å². The molecule has 0 aromatic carbocycles. The zero-order chi connectivity index (χ0) is 20.2. The molecular weight excluding hydrogens is 372 g/mol. The summed E-state index contributed by atoms with van der Waals surface area (Å²) in [5.41, 5.74) is 0. The van der Waals surface area contributed by atoms with Gasteiger partial charge in [-0.2, -0.15) is 0 Å². The fourth-order valence-corrected chi connectivity index (χ4v) is 4.55. The summed E-state index contributed by atoms with van der Waals surface area (Å²) in [4.78, 5) is 45.4. The summed E-state index contributed by atoms with van der Waals surface area (Å²) >= 11 is 0. The van der Waals surface area contributed by atoms with Crippen LogP contribution in [0.4, 0.5) is 4.79 Å². The number of urea groups is 1. The average Bonchev–Trinajstić information content (AvgIpc) is 3.33. The number of hydrogen-bond acceptors (Lipinski definition) is 4. The van der Waals surface area contributed by atoms with Crippen molar-refractivity contribution in [3.63, 3.8) is 0 Å². The zero-order valence-electron chi connectivity index (χ0n) is 16.9. The molecule has 0 N–H and O–H groups in total. The van der Waals surface area contributed by atoms with Gasteiger partial charge in [-0.15, -0.1) is 0 Å². The third-order valence-electron chi connectivity index (χ3n) is 6.35. The third-order valence-corrected chi connectivity index (χ3v) is 6.35. The Morgan fingerprint density at radius 2 is 1.38 bits per heavy atom. The van der Waals surface area contributed by atoms with Gasteiger partial charge in [-0.05, 0) is 44.2 Å². The van der Waals surface area contributed by atoms with Crippen LogP contribution in [0.3, 0.4) is 0 Å². The van der Waals surface area contributed by atoms with Gasteiger partial charge >= 0.3 is 6.03 Å². The molecule has 0 aliphatic carbocycles. The van der Waals surface area contributed by atoms with Gasteiger partial charge in [0.2, 0.25) is 5.91 Å². The van der Waals surface area contributed by atoms with Crippen molar-refractivity contribution in [1.29, 1.82) is 0 Å². The maximum Gasteiger partial charge on any atom is 0.320 e. The van der Waals surface area contributed by atoms with Crippen LogP contribution in [0.2, 0.25) is 0 Å². The van der Waals surface area contributed by atoms with Crippen LogP contribution in [-0.2, 0) is 4.79 Å². The maximum atomic E-state index is 12.9. The standard InChI is InChI=1S/C21H30N4O4/c26-19(17-6-10-22(11-7-17)20(27)18-5-4-16-29-18)23-12-14-25(15-13-23)21(28)24-8-2-1-3-9-24/h4-5,16-17H,1-3,6-15H2. The molecule has 1 aromatic heterocycles. The number of piperidine rings is 2. The van der Waals surface area contributed by atoms with Gasteiger partial charge in [-0.1, -0.05) is 0 Å². The molecule has 8 nitrogen and oxygen atoms in total. The van der Waals surface area contributed by atoms with Crippen LogP contribution in [0.25, 0.3) is 0 Å². The SMILES string of the molecule is O=C(c1ccco1)N1CCC(C(=O)N2CCN(C(=O)N3CCCCC3)CC2)CC1. The zero-order valence-corrected chi connectivity index (χ0v) is 16.9. The van der Waals surface area contributed by atoms with Crippen LogP contribution in [0.1, 0.15) is 42.7 Å². The first-order valence-corrected chi connectivity index (χ1v) is 10.8. The molecule has 1 aromatic rings. The van der Waals surface area contributed by atoms with Gasteiger partial charge in [-0.3, -0.25) is 9.59 Å². The Morgan fingerprint density at radius 3 is 2.00 bits per heavy atom. The first kappa shape index (κ1) is 19.8. The summed E-state index contributed by atoms with van der Waals surface area (Å²) < 4.78 is 5.19. The van der Waals surface area contributed by atoms with Crippen LogP contribution < -0.4 is 0 Å². The number of likely N-dealkylation sites (tertiary alicyclic amines) is 2. The van der Waals surface area contributed by atoms with Crippen molar-refractivity contribution in [2.75, 3.05) is 52.4 Å². The van der Waals surface area contributed by atoms with E-state index < -0.39 is 0 Å². The van der Waals surface area contributed by atoms with E-state index in [-0.39, 0.29) is 23.8 Å². The first-order valence-electron chi connectivity index (χ1n) is 10.8. The van der Waals surface area contributed by atoms with E-state index in [1.807, 2.05) is 14.7 Å². The van der Waals surface area contributed by atoms with E-state index in [9.17, 15) is 14.4 Å². The number of hydrogen-bond donors (Lipinski definition) is 0. The van der Waals surface area contributed by atoms with Crippen molar-refractivity contribution in [3.8, 4) is 0 Å². The summed E-state index contributed by atoms with van der Waals surface area (Å²) in [7, 11) is 0. The molecule has 0 spiro atoms. The van der Waals surface area contributed by atoms with Gasteiger partial charge in [0.1, 0.15) is 0 Å². The second-order valence-corrected chi connectivity index (χ2v) is 8.19. The van der Waals surface area contributed by atoms with Gasteiger partial charge < -0.3 is 24.0 Å². The number of piperazine rings is 1. The third kappa shape index (κ3) is 4.41. The lowest BCUT2D eigenvalue weighted by molar-refractivity contribution is -0.138. The largest absolute Gasteiger partial charge is 0.459 e. The van der Waals surface area contributed by atoms with Crippen molar-refractivity contribution in [3.05, 3.63) is 24.2 Å². The lowest BCUT2D eigenvalue weighted by atomic mass is 9.94. The van der Waals surface area contributed by atoms with E-state index >= 15 is 0 Å². The van der Waals surface area contributed by atoms with Gasteiger partial charge in [-0.25, -0.2) is 4.79 Å². The highest BCUT2D eigenvalue weighted by atomic mass is 16.3. The predicted octanol–water partition coefficient (Wildman–Crippen LogP) is 1.88. The summed E-state index contributed by atoms with van der Waals surface area (Å²) in [6, 6.07) is 3.50. The molecule has 4 amide bonds. The van der Waals surface area contributed by atoms with Crippen molar-refractivity contribution < 1.29 is 18.8 Å². The summed E-state index contributed by atoms with van der Waals surface area (Å²) in [5.74, 6) is 0.371. The molecule has 0 radical (unpaired) electrons. The minimum atomic E-state index is -0.106. The van der Waals surface area contributed by atoms with Crippen LogP contribution in [0.5, 0.6) is 0 Å². The normalized spacial score (nSPS) is 21.4. The number of rotatable bonds is 2. The molecule has 3 aliphatic rings. The highest BCUT2D eigenvalue weighted by Gasteiger charge is 2.33. The topological polar surface area (TPSA) is 77.3 Å². The Bertz CT molecular complexity index is 713. The van der Waals surface area contributed by atoms with E-state index in [1.165, 1.54) is 12.7 Å². The number of carbonyl (C=O) groups is 3. The van der Waals surface area contributed by atoms with Gasteiger partial charge in [0.25, 0.3) is 5.91 Å². The van der Waals surface area contributed by atoms with Gasteiger partial charge in [0.15, 0.2) is 5.76 Å². The van der Waals surface area contributed by atoms with Crippen molar-refractivity contribution in [2.45, 2.75) is 32.1 Å². The number of carbonyl (C=O) groups excluding carboxylic acids is 3. The summed E-state index contributed by atoms with van der Waals surface area (Å²) in [6.07, 6.45) is 6.24. The van der Waals surface area contributed by atoms with E-state index in [4.69, 9.17) is 4.42 Å². The second kappa shape index (κ2) is 8.88. The van der Waals surface area contributed by atoms with Crippen LogP contribution >= 0.6 is 0 Å². The van der Waals surface area contributed by atoms with Crippen LogP contribution in [0.15, 0.2) is 22.8 Å². The van der Waals surface area contributed by atoms with Crippen molar-refractivity contribution >= 4 is 17.8 Å². The molecule has 3 aliphatic heterocycles. The number of amides is 4. The quantitative estimate of drug-likeness (QED) is 0.757. The van der Waals surface area contributed by atoms with Crippen LogP contribution in [-0.4, -0.2) is 89.8 Å². The first-order chi connectivity index (χ1) is 14.1. The fraction of sp³-hybridized carbons (Fsp3) is 0.667. The molecule has 0 atom stereocenters. The fourth-order valence-electron chi connectivity index (χ4n) is 4.55. The van der Waals surface area contributed by atoms with E-state index in [0.29, 0.717) is 57.9 Å². The monoisotopic (exact) mass is 402 g/mol. The molecule has 0 unspecified atom stereocenters. The summed E-state index contributed by atoms with van der Waals surface area (Å²) in [5, 5.41) is 0. The smallest absolute Gasteiger partial charge is 0.320 e. The second-order valence-electron chi connectivity index (χ2n) is 8.19. The predicted molar refractivity (Wildman–Crippen MR) is 106 cm³/mol. The molecule has 0 bridgehead atoms. The van der Waals surface area contributed by atoms with Crippen molar-refractivity contribution in [1.82, 2.24) is 19.6 Å². The Labute approximate surface area is 171 Å². The molecule has 29 heavy (non-hydrogen) atoms. The highest BCUT2D eigenvalue weighted by molar-refractivity contribution is 5.91. The maximum absolute atomic E-state index is 12.9. The summed E-state index contributed by atoms with van der Waals surface area (Å²) in [6.45, 7) is 5.27. The average molecular weight is 402 g/mol. The molecule has 4 rings (SSSR count). The van der Waals surface area contributed by atoms with Crippen LogP contribution in [0, 0.1) is 5.92 Å². The Kier molecular flexibility index (Phi) is 6.06. The molecule has 3 fully saturated rings. The molecule has 8 heteroatoms. The lowest BCUT2D eigenvalue weighted by Crippen LogP contribution is -2.56. The lowest BCUT2D eigenvalue weighted by Gasteiger charge is -2.40. The Morgan fingerprint density at radius 1 is 0.759 bits per heavy atom. The van der Waals surface area contributed by atoms with Crippen molar-refractivity contribution in [2.24, 2.45) is 5.92 Å². The molecule has 0 saturated carbocycles. The number of furan rings is 1. The molecular formula is C21H30N4O4. The van der Waals surface area contributed by atoms with E-state index in [1.54, 1.807) is 17.0 Å². The Hall–Kier alpha value is -2.51. The van der Waals surface area contributed by atoms with Gasteiger partial charge in [0.05, 0.1) is 6.26 Å². The molecule has 158 valence electrons. The minimum Gasteiger partial charge on any atom is -0.459 e. The van der Waals surface area contributed by atoms with Gasteiger partial charge in [0, 0.05) is 58.3 Å². The Balaban J connectivity index is 1.23. The molecule has 3 saturated heterocycles. The minimum absolute atomic E-state index is 0.0417.